The van der Waals surface area contributed by atoms with Gasteiger partial charge in [-0.1, -0.05) is 0 Å². The van der Waals surface area contributed by atoms with Gasteiger partial charge in [0.05, 0.1) is 26.4 Å². The van der Waals surface area contributed by atoms with Crippen molar-refractivity contribution in [1.82, 2.24) is 14.3 Å². The number of carbonyl (C=O) groups is 1. The molecule has 2 aliphatic rings. The number of aromatic nitrogens is 2. The van der Waals surface area contributed by atoms with Crippen molar-refractivity contribution in [3.8, 4) is 0 Å². The summed E-state index contributed by atoms with van der Waals surface area (Å²) < 4.78 is 20.2. The lowest BCUT2D eigenvalue weighted by Crippen LogP contribution is -2.53. The number of carbonyl (C=O) groups excluding carboxylic acids is 1. The monoisotopic (exact) mass is 328 g/mol. The molecule has 2 aliphatic heterocycles. The van der Waals surface area contributed by atoms with Gasteiger partial charge in [-0.15, -0.1) is 0 Å². The van der Waals surface area contributed by atoms with Crippen LogP contribution in [0.1, 0.15) is 5.82 Å². The third kappa shape index (κ3) is 3.54. The van der Waals surface area contributed by atoms with E-state index in [1.165, 1.54) is 11.5 Å². The Hall–Kier alpha value is -1.29. The summed E-state index contributed by atoms with van der Waals surface area (Å²) in [7, 11) is 1.62. The normalized spacial score (nSPS) is 22.9. The molecule has 0 aliphatic carbocycles. The molecule has 2 saturated heterocycles. The first-order chi connectivity index (χ1) is 10.8. The highest BCUT2D eigenvalue weighted by molar-refractivity contribution is 7.09. The Labute approximate surface area is 133 Å². The zero-order chi connectivity index (χ0) is 15.4. The standard InChI is InChI=1S/C13H20N4O4S/c1-19-9-11-14-13(22-15-11)17-4-7-21-10(8-17)12(18)16-2-5-20-6-3-16/h10H,2-9H2,1H3. The van der Waals surface area contributed by atoms with E-state index >= 15 is 0 Å². The average Bonchev–Trinajstić information content (AvgIpc) is 3.04. The minimum Gasteiger partial charge on any atom is -0.378 e. The fraction of sp³-hybridized carbons (Fsp3) is 0.769. The summed E-state index contributed by atoms with van der Waals surface area (Å²) in [4.78, 5) is 20.8. The minimum absolute atomic E-state index is 0.0367. The summed E-state index contributed by atoms with van der Waals surface area (Å²) in [6.45, 7) is 4.60. The quantitative estimate of drug-likeness (QED) is 0.754. The van der Waals surface area contributed by atoms with Crippen molar-refractivity contribution in [1.29, 1.82) is 0 Å². The van der Waals surface area contributed by atoms with Crippen LogP contribution in [0.3, 0.4) is 0 Å². The number of anilines is 1. The molecule has 22 heavy (non-hydrogen) atoms. The molecule has 1 unspecified atom stereocenters. The van der Waals surface area contributed by atoms with Crippen LogP contribution in [0.15, 0.2) is 0 Å². The lowest BCUT2D eigenvalue weighted by atomic mass is 10.2. The van der Waals surface area contributed by atoms with Gasteiger partial charge < -0.3 is 24.0 Å². The van der Waals surface area contributed by atoms with Gasteiger partial charge >= 0.3 is 0 Å². The van der Waals surface area contributed by atoms with Crippen LogP contribution in [0.5, 0.6) is 0 Å². The van der Waals surface area contributed by atoms with Crippen LogP contribution in [0.4, 0.5) is 5.13 Å². The summed E-state index contributed by atoms with van der Waals surface area (Å²) in [5.41, 5.74) is 0. The zero-order valence-corrected chi connectivity index (χ0v) is 13.4. The Morgan fingerprint density at radius 3 is 2.95 bits per heavy atom. The second kappa shape index (κ2) is 7.32. The topological polar surface area (TPSA) is 77.0 Å². The number of methoxy groups -OCH3 is 1. The SMILES string of the molecule is COCc1nsc(N2CCOC(C(=O)N3CCOCC3)C2)n1. The maximum atomic E-state index is 12.5. The largest absolute Gasteiger partial charge is 0.378 e. The van der Waals surface area contributed by atoms with Crippen molar-refractivity contribution >= 4 is 22.6 Å². The van der Waals surface area contributed by atoms with Gasteiger partial charge in [0.25, 0.3) is 5.91 Å². The summed E-state index contributed by atoms with van der Waals surface area (Å²) >= 11 is 1.33. The molecule has 0 radical (unpaired) electrons. The van der Waals surface area contributed by atoms with Crippen LogP contribution in [-0.2, 0) is 25.6 Å². The van der Waals surface area contributed by atoms with Crippen LogP contribution >= 0.6 is 11.5 Å². The number of ether oxygens (including phenoxy) is 3. The van der Waals surface area contributed by atoms with Gasteiger partial charge in [0.1, 0.15) is 6.61 Å². The first kappa shape index (κ1) is 15.6. The number of hydrogen-bond acceptors (Lipinski definition) is 8. The third-order valence-corrected chi connectivity index (χ3v) is 4.48. The van der Waals surface area contributed by atoms with E-state index < -0.39 is 6.10 Å². The van der Waals surface area contributed by atoms with E-state index in [9.17, 15) is 4.79 Å². The van der Waals surface area contributed by atoms with E-state index in [0.29, 0.717) is 58.4 Å². The molecule has 0 bridgehead atoms. The Balaban J connectivity index is 1.61. The molecule has 0 N–H and O–H groups in total. The first-order valence-corrected chi connectivity index (χ1v) is 8.10. The smallest absolute Gasteiger partial charge is 0.253 e. The van der Waals surface area contributed by atoms with Gasteiger partial charge in [0, 0.05) is 38.3 Å². The fourth-order valence-electron chi connectivity index (χ4n) is 2.52. The van der Waals surface area contributed by atoms with E-state index in [2.05, 4.69) is 14.3 Å². The molecular weight excluding hydrogens is 308 g/mol. The lowest BCUT2D eigenvalue weighted by molar-refractivity contribution is -0.148. The summed E-state index contributed by atoms with van der Waals surface area (Å²) in [6, 6.07) is 0. The highest BCUT2D eigenvalue weighted by Gasteiger charge is 2.32. The van der Waals surface area contributed by atoms with Gasteiger partial charge in [0.2, 0.25) is 5.13 Å². The van der Waals surface area contributed by atoms with Crippen LogP contribution < -0.4 is 4.90 Å². The molecule has 2 fully saturated rings. The Morgan fingerprint density at radius 2 is 2.18 bits per heavy atom. The van der Waals surface area contributed by atoms with Crippen LogP contribution in [-0.4, -0.2) is 79.4 Å². The second-order valence-corrected chi connectivity index (χ2v) is 5.90. The molecule has 3 heterocycles. The minimum atomic E-state index is -0.443. The molecule has 9 heteroatoms. The zero-order valence-electron chi connectivity index (χ0n) is 12.6. The summed E-state index contributed by atoms with van der Waals surface area (Å²) in [6.07, 6.45) is -0.443. The van der Waals surface area contributed by atoms with Crippen molar-refractivity contribution in [3.63, 3.8) is 0 Å². The van der Waals surface area contributed by atoms with Crippen LogP contribution in [0.2, 0.25) is 0 Å². The molecular formula is C13H20N4O4S. The highest BCUT2D eigenvalue weighted by Crippen LogP contribution is 2.21. The molecule has 1 atom stereocenters. The molecule has 122 valence electrons. The number of morpholine rings is 2. The predicted molar refractivity (Wildman–Crippen MR) is 80.0 cm³/mol. The predicted octanol–water partition coefficient (Wildman–Crippen LogP) is -0.251. The lowest BCUT2D eigenvalue weighted by Gasteiger charge is -2.35. The molecule has 1 aromatic rings. The van der Waals surface area contributed by atoms with Gasteiger partial charge in [-0.25, -0.2) is 4.98 Å². The van der Waals surface area contributed by atoms with Crippen molar-refractivity contribution in [2.75, 3.05) is 58.0 Å². The number of rotatable bonds is 4. The molecule has 8 nitrogen and oxygen atoms in total. The second-order valence-electron chi connectivity index (χ2n) is 5.17. The Morgan fingerprint density at radius 1 is 1.36 bits per heavy atom. The van der Waals surface area contributed by atoms with Crippen molar-refractivity contribution in [2.24, 2.45) is 0 Å². The fourth-order valence-corrected chi connectivity index (χ4v) is 3.23. The number of amides is 1. The Bertz CT molecular complexity index is 506. The maximum Gasteiger partial charge on any atom is 0.253 e. The molecule has 1 aromatic heterocycles. The van der Waals surface area contributed by atoms with Gasteiger partial charge in [-0.05, 0) is 0 Å². The van der Waals surface area contributed by atoms with Crippen LogP contribution in [0, 0.1) is 0 Å². The van der Waals surface area contributed by atoms with Crippen molar-refractivity contribution in [3.05, 3.63) is 5.82 Å². The highest BCUT2D eigenvalue weighted by atomic mass is 32.1. The van der Waals surface area contributed by atoms with Crippen molar-refractivity contribution < 1.29 is 19.0 Å². The van der Waals surface area contributed by atoms with Gasteiger partial charge in [-0.3, -0.25) is 4.79 Å². The van der Waals surface area contributed by atoms with E-state index in [1.807, 2.05) is 4.90 Å². The van der Waals surface area contributed by atoms with E-state index in [1.54, 1.807) is 7.11 Å². The third-order valence-electron chi connectivity index (χ3n) is 3.67. The van der Waals surface area contributed by atoms with Crippen LogP contribution in [0.25, 0.3) is 0 Å². The molecule has 3 rings (SSSR count). The first-order valence-electron chi connectivity index (χ1n) is 7.32. The molecule has 0 saturated carbocycles. The maximum absolute atomic E-state index is 12.5. The molecule has 0 aromatic carbocycles. The van der Waals surface area contributed by atoms with Gasteiger partial charge in [-0.2, -0.15) is 4.37 Å². The number of nitrogens with zero attached hydrogens (tertiary/aromatic N) is 4. The van der Waals surface area contributed by atoms with E-state index in [0.717, 1.165) is 5.13 Å². The average molecular weight is 328 g/mol. The summed E-state index contributed by atoms with van der Waals surface area (Å²) in [5.74, 6) is 0.708. The summed E-state index contributed by atoms with van der Waals surface area (Å²) in [5, 5.41) is 0.815. The number of hydrogen-bond donors (Lipinski definition) is 0. The Kier molecular flexibility index (Phi) is 5.19. The van der Waals surface area contributed by atoms with E-state index in [4.69, 9.17) is 14.2 Å². The van der Waals surface area contributed by atoms with Crippen molar-refractivity contribution in [2.45, 2.75) is 12.7 Å². The van der Waals surface area contributed by atoms with Gasteiger partial charge in [0.15, 0.2) is 11.9 Å². The molecule has 0 spiro atoms. The molecule has 1 amide bonds. The van der Waals surface area contributed by atoms with E-state index in [-0.39, 0.29) is 5.91 Å².